The van der Waals surface area contributed by atoms with E-state index in [-0.39, 0.29) is 23.9 Å². The van der Waals surface area contributed by atoms with Crippen LogP contribution in [0.2, 0.25) is 0 Å². The summed E-state index contributed by atoms with van der Waals surface area (Å²) in [4.78, 5) is 29.4. The van der Waals surface area contributed by atoms with Gasteiger partial charge in [-0.25, -0.2) is 19.3 Å². The number of nitrogens with one attached hydrogen (secondary N) is 2. The standard InChI is InChI=1S/C25H28F4N8O/c1-35(2)9-10-37-13-19(16-3-4-18(26)17(11-16)25(27,28)29)33-23(37)15-5-7-36(8-6-15)24-21-22(31-14-32-24)30-12-20(38)34-21/h3-4,11,13-15H,5-10,12H2,1-2H3,(H,34,38)(H,30,31,32). The van der Waals surface area contributed by atoms with Crippen LogP contribution in [0.5, 0.6) is 0 Å². The van der Waals surface area contributed by atoms with Gasteiger partial charge in [0.2, 0.25) is 5.91 Å². The van der Waals surface area contributed by atoms with Crippen LogP contribution in [-0.2, 0) is 17.5 Å². The minimum Gasteiger partial charge on any atom is -0.359 e. The maximum Gasteiger partial charge on any atom is 0.419 e. The molecule has 1 fully saturated rings. The average molecular weight is 533 g/mol. The lowest BCUT2D eigenvalue weighted by Gasteiger charge is -2.34. The van der Waals surface area contributed by atoms with Gasteiger partial charge in [-0.1, -0.05) is 0 Å². The molecular formula is C25H28F4N8O. The number of imidazole rings is 1. The van der Waals surface area contributed by atoms with Crippen molar-refractivity contribution in [2.24, 2.45) is 0 Å². The van der Waals surface area contributed by atoms with Crippen LogP contribution in [0.15, 0.2) is 30.7 Å². The second kappa shape index (κ2) is 10.2. The van der Waals surface area contributed by atoms with Crippen LogP contribution in [0.1, 0.15) is 30.1 Å². The number of benzene rings is 1. The van der Waals surface area contributed by atoms with Gasteiger partial charge >= 0.3 is 6.18 Å². The Labute approximate surface area is 216 Å². The number of anilines is 3. The molecule has 1 amide bonds. The normalized spacial score (nSPS) is 16.4. The van der Waals surface area contributed by atoms with Gasteiger partial charge in [0.15, 0.2) is 11.6 Å². The first-order valence-corrected chi connectivity index (χ1v) is 12.3. The molecule has 0 saturated carbocycles. The molecule has 9 nitrogen and oxygen atoms in total. The number of hydrogen-bond acceptors (Lipinski definition) is 7. The molecule has 38 heavy (non-hydrogen) atoms. The average Bonchev–Trinajstić information content (AvgIpc) is 3.31. The molecule has 2 N–H and O–H groups in total. The first-order chi connectivity index (χ1) is 18.1. The molecule has 4 heterocycles. The molecule has 1 saturated heterocycles. The number of piperidine rings is 1. The van der Waals surface area contributed by atoms with E-state index in [9.17, 15) is 22.4 Å². The molecule has 0 spiro atoms. The summed E-state index contributed by atoms with van der Waals surface area (Å²) in [5, 5.41) is 5.84. The Hall–Kier alpha value is -3.74. The molecule has 202 valence electrons. The Morgan fingerprint density at radius 1 is 1.16 bits per heavy atom. The van der Waals surface area contributed by atoms with Crippen molar-refractivity contribution >= 4 is 23.2 Å². The van der Waals surface area contributed by atoms with E-state index in [1.165, 1.54) is 12.4 Å². The van der Waals surface area contributed by atoms with E-state index >= 15 is 0 Å². The van der Waals surface area contributed by atoms with E-state index in [1.807, 2.05) is 23.6 Å². The number of fused-ring (bicyclic) bond motifs is 1. The van der Waals surface area contributed by atoms with Gasteiger partial charge in [-0.05, 0) is 45.1 Å². The van der Waals surface area contributed by atoms with Crippen molar-refractivity contribution in [2.75, 3.05) is 55.8 Å². The smallest absolute Gasteiger partial charge is 0.359 e. The number of amides is 1. The van der Waals surface area contributed by atoms with E-state index < -0.39 is 17.6 Å². The predicted octanol–water partition coefficient (Wildman–Crippen LogP) is 3.81. The van der Waals surface area contributed by atoms with Gasteiger partial charge in [-0.2, -0.15) is 13.2 Å². The third kappa shape index (κ3) is 5.28. The molecule has 0 unspecified atom stereocenters. The summed E-state index contributed by atoms with van der Waals surface area (Å²) in [5.41, 5.74) is -0.140. The summed E-state index contributed by atoms with van der Waals surface area (Å²) in [6.07, 6.45) is -0.118. The second-order valence-corrected chi connectivity index (χ2v) is 9.76. The Balaban J connectivity index is 1.40. The highest BCUT2D eigenvalue weighted by Gasteiger charge is 2.35. The predicted molar refractivity (Wildman–Crippen MR) is 135 cm³/mol. The lowest BCUT2D eigenvalue weighted by Crippen LogP contribution is -2.37. The summed E-state index contributed by atoms with van der Waals surface area (Å²) in [7, 11) is 3.89. The monoisotopic (exact) mass is 532 g/mol. The fraction of sp³-hybridized carbons (Fsp3) is 0.440. The zero-order valence-electron chi connectivity index (χ0n) is 21.0. The number of halogens is 4. The van der Waals surface area contributed by atoms with E-state index in [0.29, 0.717) is 42.7 Å². The number of carbonyl (C=O) groups excluding carboxylic acids is 1. The number of hydrogen-bond donors (Lipinski definition) is 2. The highest BCUT2D eigenvalue weighted by molar-refractivity contribution is 6.02. The van der Waals surface area contributed by atoms with Crippen molar-refractivity contribution in [1.29, 1.82) is 0 Å². The number of nitrogens with zero attached hydrogens (tertiary/aromatic N) is 6. The molecule has 0 atom stereocenters. The van der Waals surface area contributed by atoms with Crippen LogP contribution < -0.4 is 15.5 Å². The van der Waals surface area contributed by atoms with E-state index in [2.05, 4.69) is 25.5 Å². The lowest BCUT2D eigenvalue weighted by atomic mass is 9.95. The molecule has 2 aliphatic heterocycles. The number of aromatic nitrogens is 4. The van der Waals surface area contributed by atoms with Crippen LogP contribution >= 0.6 is 0 Å². The van der Waals surface area contributed by atoms with Gasteiger partial charge in [0.1, 0.15) is 23.7 Å². The van der Waals surface area contributed by atoms with Crippen LogP contribution in [0, 0.1) is 5.82 Å². The van der Waals surface area contributed by atoms with Crippen LogP contribution in [0.25, 0.3) is 11.3 Å². The molecule has 0 radical (unpaired) electrons. The number of carbonyl (C=O) groups is 1. The largest absolute Gasteiger partial charge is 0.419 e. The van der Waals surface area contributed by atoms with E-state index in [0.717, 1.165) is 37.3 Å². The first kappa shape index (κ1) is 25.9. The minimum atomic E-state index is -4.79. The molecule has 5 rings (SSSR count). The van der Waals surface area contributed by atoms with Crippen molar-refractivity contribution in [1.82, 2.24) is 24.4 Å². The van der Waals surface area contributed by atoms with Gasteiger partial charge in [0.25, 0.3) is 0 Å². The summed E-state index contributed by atoms with van der Waals surface area (Å²) in [6.45, 7) is 2.78. The number of rotatable bonds is 6. The maximum absolute atomic E-state index is 13.9. The molecule has 1 aromatic carbocycles. The summed E-state index contributed by atoms with van der Waals surface area (Å²) in [5.74, 6) is 0.622. The van der Waals surface area contributed by atoms with Gasteiger partial charge in [0, 0.05) is 43.9 Å². The van der Waals surface area contributed by atoms with Crippen LogP contribution in [-0.4, -0.2) is 70.6 Å². The zero-order chi connectivity index (χ0) is 27.0. The lowest BCUT2D eigenvalue weighted by molar-refractivity contribution is -0.140. The van der Waals surface area contributed by atoms with E-state index in [4.69, 9.17) is 4.98 Å². The highest BCUT2D eigenvalue weighted by Crippen LogP contribution is 2.38. The van der Waals surface area contributed by atoms with Crippen molar-refractivity contribution in [3.8, 4) is 11.3 Å². The second-order valence-electron chi connectivity index (χ2n) is 9.76. The van der Waals surface area contributed by atoms with Crippen molar-refractivity contribution in [2.45, 2.75) is 31.5 Å². The SMILES string of the molecule is CN(C)CCn1cc(-c2ccc(F)c(C(F)(F)F)c2)nc1C1CCN(c2ncnc3c2NC(=O)CN3)CC1. The van der Waals surface area contributed by atoms with Gasteiger partial charge < -0.3 is 25.0 Å². The van der Waals surface area contributed by atoms with Crippen LogP contribution in [0.3, 0.4) is 0 Å². The highest BCUT2D eigenvalue weighted by atomic mass is 19.4. The molecular weight excluding hydrogens is 504 g/mol. The molecule has 2 aromatic heterocycles. The summed E-state index contributed by atoms with van der Waals surface area (Å²) in [6, 6.07) is 2.99. The Morgan fingerprint density at radius 3 is 2.63 bits per heavy atom. The zero-order valence-corrected chi connectivity index (χ0v) is 21.0. The van der Waals surface area contributed by atoms with Gasteiger partial charge in [0.05, 0.1) is 17.8 Å². The third-order valence-electron chi connectivity index (χ3n) is 6.83. The quantitative estimate of drug-likeness (QED) is 0.467. The van der Waals surface area contributed by atoms with E-state index in [1.54, 1.807) is 6.20 Å². The molecule has 0 aliphatic carbocycles. The number of alkyl halides is 3. The Morgan fingerprint density at radius 2 is 1.92 bits per heavy atom. The number of likely N-dealkylation sites (N-methyl/N-ethyl adjacent to an activating group) is 1. The maximum atomic E-state index is 13.9. The fourth-order valence-electron chi connectivity index (χ4n) is 4.85. The topological polar surface area (TPSA) is 91.2 Å². The van der Waals surface area contributed by atoms with Crippen molar-refractivity contribution < 1.29 is 22.4 Å². The first-order valence-electron chi connectivity index (χ1n) is 12.3. The molecule has 0 bridgehead atoms. The summed E-state index contributed by atoms with van der Waals surface area (Å²) >= 11 is 0. The third-order valence-corrected chi connectivity index (χ3v) is 6.83. The van der Waals surface area contributed by atoms with Gasteiger partial charge in [-0.15, -0.1) is 0 Å². The van der Waals surface area contributed by atoms with Crippen molar-refractivity contribution in [3.05, 3.63) is 47.9 Å². The molecule has 3 aromatic rings. The Kier molecular flexibility index (Phi) is 6.95. The fourth-order valence-corrected chi connectivity index (χ4v) is 4.85. The Bertz CT molecular complexity index is 1330. The summed E-state index contributed by atoms with van der Waals surface area (Å²) < 4.78 is 55.8. The molecule has 2 aliphatic rings. The van der Waals surface area contributed by atoms with Crippen molar-refractivity contribution in [3.63, 3.8) is 0 Å². The van der Waals surface area contributed by atoms with Crippen LogP contribution in [0.4, 0.5) is 34.9 Å². The van der Waals surface area contributed by atoms with Gasteiger partial charge in [-0.3, -0.25) is 4.79 Å². The molecule has 13 heteroatoms. The minimum absolute atomic E-state index is 0.0649.